The van der Waals surface area contributed by atoms with Crippen molar-refractivity contribution in [2.75, 3.05) is 33.3 Å². The Balaban J connectivity index is 1.58. The Hall–Kier alpha value is -0.900. The number of likely N-dealkylation sites (tertiary alicyclic amines) is 1. The summed E-state index contributed by atoms with van der Waals surface area (Å²) < 4.78 is 5.69. The summed E-state index contributed by atoms with van der Waals surface area (Å²) in [7, 11) is 2.04. The van der Waals surface area contributed by atoms with E-state index in [2.05, 4.69) is 34.5 Å². The van der Waals surface area contributed by atoms with Crippen molar-refractivity contribution in [3.05, 3.63) is 35.9 Å². The summed E-state index contributed by atoms with van der Waals surface area (Å²) >= 11 is 0. The first kappa shape index (κ1) is 12.6. The van der Waals surface area contributed by atoms with Crippen molar-refractivity contribution in [3.8, 4) is 0 Å². The van der Waals surface area contributed by atoms with E-state index in [1.165, 1.54) is 18.5 Å². The van der Waals surface area contributed by atoms with Crippen LogP contribution >= 0.6 is 0 Å². The molecule has 17 heavy (non-hydrogen) atoms. The lowest BCUT2D eigenvalue weighted by Crippen LogP contribution is -2.31. The van der Waals surface area contributed by atoms with Crippen LogP contribution in [0.25, 0.3) is 0 Å². The Bertz CT molecular complexity index is 315. The third-order valence-electron chi connectivity index (χ3n) is 3.34. The van der Waals surface area contributed by atoms with Crippen molar-refractivity contribution < 1.29 is 4.74 Å². The molecule has 0 radical (unpaired) electrons. The van der Waals surface area contributed by atoms with Crippen molar-refractivity contribution in [2.45, 2.75) is 19.1 Å². The first-order valence-electron chi connectivity index (χ1n) is 6.40. The van der Waals surface area contributed by atoms with E-state index in [1.807, 2.05) is 13.1 Å². The zero-order valence-corrected chi connectivity index (χ0v) is 10.6. The molecule has 94 valence electrons. The van der Waals surface area contributed by atoms with E-state index < -0.39 is 0 Å². The molecule has 1 N–H and O–H groups in total. The predicted molar refractivity (Wildman–Crippen MR) is 70.0 cm³/mol. The van der Waals surface area contributed by atoms with Gasteiger partial charge in [-0.1, -0.05) is 30.3 Å². The second-order valence-electron chi connectivity index (χ2n) is 4.61. The molecule has 3 nitrogen and oxygen atoms in total. The fraction of sp³-hybridized carbons (Fsp3) is 0.571. The Labute approximate surface area is 104 Å². The molecule has 1 aliphatic rings. The molecule has 2 rings (SSSR count). The summed E-state index contributed by atoms with van der Waals surface area (Å²) in [4.78, 5) is 2.46. The van der Waals surface area contributed by atoms with Gasteiger partial charge in [-0.05, 0) is 25.6 Å². The molecule has 0 spiro atoms. The van der Waals surface area contributed by atoms with Gasteiger partial charge in [0.15, 0.2) is 0 Å². The molecule has 1 unspecified atom stereocenters. The molecular formula is C14H22N2O. The van der Waals surface area contributed by atoms with E-state index in [4.69, 9.17) is 4.74 Å². The summed E-state index contributed by atoms with van der Waals surface area (Å²) in [5, 5.41) is 3.33. The van der Waals surface area contributed by atoms with Gasteiger partial charge in [0.1, 0.15) is 0 Å². The normalized spacial score (nSPS) is 20.9. The lowest BCUT2D eigenvalue weighted by Gasteiger charge is -2.15. The van der Waals surface area contributed by atoms with Crippen LogP contribution in [0.15, 0.2) is 30.3 Å². The van der Waals surface area contributed by atoms with Crippen molar-refractivity contribution in [3.63, 3.8) is 0 Å². The zero-order chi connectivity index (χ0) is 11.9. The first-order chi connectivity index (χ1) is 8.38. The molecule has 1 fully saturated rings. The van der Waals surface area contributed by atoms with Crippen molar-refractivity contribution in [2.24, 2.45) is 0 Å². The monoisotopic (exact) mass is 234 g/mol. The predicted octanol–water partition coefficient (Wildman–Crippen LogP) is 1.50. The van der Waals surface area contributed by atoms with E-state index in [0.29, 0.717) is 6.04 Å². The van der Waals surface area contributed by atoms with Gasteiger partial charge < -0.3 is 10.1 Å². The SMILES string of the molecule is CNC1CCN(CCOCc2ccccc2)C1. The lowest BCUT2D eigenvalue weighted by molar-refractivity contribution is 0.0987. The maximum atomic E-state index is 5.69. The van der Waals surface area contributed by atoms with Crippen LogP contribution < -0.4 is 5.32 Å². The quantitative estimate of drug-likeness (QED) is 0.755. The number of nitrogens with zero attached hydrogens (tertiary/aromatic N) is 1. The van der Waals surface area contributed by atoms with Crippen molar-refractivity contribution >= 4 is 0 Å². The van der Waals surface area contributed by atoms with Crippen LogP contribution in [0, 0.1) is 0 Å². The molecule has 0 bridgehead atoms. The van der Waals surface area contributed by atoms with Gasteiger partial charge in [-0.25, -0.2) is 0 Å². The van der Waals surface area contributed by atoms with Gasteiger partial charge in [0.25, 0.3) is 0 Å². The minimum absolute atomic E-state index is 0.670. The number of ether oxygens (including phenoxy) is 1. The minimum atomic E-state index is 0.670. The van der Waals surface area contributed by atoms with E-state index in [1.54, 1.807) is 0 Å². The second kappa shape index (κ2) is 6.74. The van der Waals surface area contributed by atoms with Gasteiger partial charge in [-0.2, -0.15) is 0 Å². The van der Waals surface area contributed by atoms with Gasteiger partial charge in [-0.15, -0.1) is 0 Å². The van der Waals surface area contributed by atoms with Crippen molar-refractivity contribution in [1.29, 1.82) is 0 Å². The van der Waals surface area contributed by atoms with Crippen LogP contribution in [-0.2, 0) is 11.3 Å². The summed E-state index contributed by atoms with van der Waals surface area (Å²) in [5.41, 5.74) is 1.25. The van der Waals surface area contributed by atoms with Crippen LogP contribution in [0.5, 0.6) is 0 Å². The highest BCUT2D eigenvalue weighted by Gasteiger charge is 2.19. The highest BCUT2D eigenvalue weighted by atomic mass is 16.5. The molecule has 0 aliphatic carbocycles. The van der Waals surface area contributed by atoms with Crippen LogP contribution in [-0.4, -0.2) is 44.2 Å². The molecule has 1 heterocycles. The number of hydrogen-bond acceptors (Lipinski definition) is 3. The Morgan fingerprint density at radius 3 is 2.88 bits per heavy atom. The number of rotatable bonds is 6. The summed E-state index contributed by atoms with van der Waals surface area (Å²) in [6.45, 7) is 4.95. The topological polar surface area (TPSA) is 24.5 Å². The van der Waals surface area contributed by atoms with Gasteiger partial charge in [0, 0.05) is 19.1 Å². The van der Waals surface area contributed by atoms with E-state index in [-0.39, 0.29) is 0 Å². The maximum Gasteiger partial charge on any atom is 0.0717 e. The molecule has 3 heteroatoms. The average molecular weight is 234 g/mol. The molecule has 1 aliphatic heterocycles. The molecule has 1 saturated heterocycles. The van der Waals surface area contributed by atoms with Gasteiger partial charge in [0.2, 0.25) is 0 Å². The number of benzene rings is 1. The lowest BCUT2D eigenvalue weighted by atomic mass is 10.2. The first-order valence-corrected chi connectivity index (χ1v) is 6.40. The second-order valence-corrected chi connectivity index (χ2v) is 4.61. The summed E-state index contributed by atoms with van der Waals surface area (Å²) in [5.74, 6) is 0. The highest BCUT2D eigenvalue weighted by molar-refractivity contribution is 5.13. The van der Waals surface area contributed by atoms with Crippen LogP contribution in [0.4, 0.5) is 0 Å². The fourth-order valence-corrected chi connectivity index (χ4v) is 2.23. The fourth-order valence-electron chi connectivity index (χ4n) is 2.23. The summed E-state index contributed by atoms with van der Waals surface area (Å²) in [6.07, 6.45) is 1.26. The molecule has 0 aromatic heterocycles. The minimum Gasteiger partial charge on any atom is -0.375 e. The van der Waals surface area contributed by atoms with Crippen LogP contribution in [0.1, 0.15) is 12.0 Å². The van der Waals surface area contributed by atoms with Crippen molar-refractivity contribution in [1.82, 2.24) is 10.2 Å². The molecule has 0 saturated carbocycles. The third-order valence-corrected chi connectivity index (χ3v) is 3.34. The molecule has 1 atom stereocenters. The third kappa shape index (κ3) is 4.11. The van der Waals surface area contributed by atoms with E-state index >= 15 is 0 Å². The van der Waals surface area contributed by atoms with Gasteiger partial charge in [-0.3, -0.25) is 4.90 Å². The van der Waals surface area contributed by atoms with Gasteiger partial charge in [0.05, 0.1) is 13.2 Å². The zero-order valence-electron chi connectivity index (χ0n) is 10.6. The van der Waals surface area contributed by atoms with E-state index in [9.17, 15) is 0 Å². The van der Waals surface area contributed by atoms with Crippen LogP contribution in [0.2, 0.25) is 0 Å². The van der Waals surface area contributed by atoms with Crippen LogP contribution in [0.3, 0.4) is 0 Å². The number of nitrogens with one attached hydrogen (secondary N) is 1. The molecule has 1 aromatic carbocycles. The average Bonchev–Trinajstić information content (AvgIpc) is 2.84. The Morgan fingerprint density at radius 2 is 2.18 bits per heavy atom. The highest BCUT2D eigenvalue weighted by Crippen LogP contribution is 2.08. The summed E-state index contributed by atoms with van der Waals surface area (Å²) in [6, 6.07) is 11.0. The Kier molecular flexibility index (Phi) is 4.98. The molecule has 1 aromatic rings. The smallest absolute Gasteiger partial charge is 0.0717 e. The molecular weight excluding hydrogens is 212 g/mol. The maximum absolute atomic E-state index is 5.69. The number of hydrogen-bond donors (Lipinski definition) is 1. The van der Waals surface area contributed by atoms with Gasteiger partial charge >= 0.3 is 0 Å². The van der Waals surface area contributed by atoms with E-state index in [0.717, 1.165) is 26.3 Å². The number of likely N-dealkylation sites (N-methyl/N-ethyl adjacent to an activating group) is 1. The standard InChI is InChI=1S/C14H22N2O/c1-15-14-7-8-16(11-14)9-10-17-12-13-5-3-2-4-6-13/h2-6,14-15H,7-12H2,1H3. The Morgan fingerprint density at radius 1 is 1.35 bits per heavy atom. The molecule has 0 amide bonds. The largest absolute Gasteiger partial charge is 0.375 e.